The van der Waals surface area contributed by atoms with Crippen LogP contribution in [0.5, 0.6) is 11.5 Å². The van der Waals surface area contributed by atoms with Gasteiger partial charge in [-0.2, -0.15) is 0 Å². The van der Waals surface area contributed by atoms with E-state index in [4.69, 9.17) is 8.83 Å². The first kappa shape index (κ1) is 11.9. The lowest BCUT2D eigenvalue weighted by Gasteiger charge is -1.93. The summed E-state index contributed by atoms with van der Waals surface area (Å²) in [6.07, 6.45) is 0.461. The lowest BCUT2D eigenvalue weighted by Crippen LogP contribution is -1.80. The van der Waals surface area contributed by atoms with Gasteiger partial charge in [-0.15, -0.1) is 0 Å². The highest BCUT2D eigenvalue weighted by Crippen LogP contribution is 2.31. The van der Waals surface area contributed by atoms with E-state index in [-0.39, 0.29) is 11.5 Å². The minimum Gasteiger partial charge on any atom is -0.504 e. The molecule has 0 fully saturated rings. The maximum absolute atomic E-state index is 9.75. The Bertz CT molecular complexity index is 868. The number of hydrogen-bond donors (Lipinski definition) is 2. The van der Waals surface area contributed by atoms with E-state index in [0.717, 1.165) is 10.8 Å². The van der Waals surface area contributed by atoms with Crippen LogP contribution in [-0.2, 0) is 6.42 Å². The molecule has 0 amide bonds. The predicted octanol–water partition coefficient (Wildman–Crippen LogP) is 4.18. The Morgan fingerprint density at radius 1 is 0.714 bits per heavy atom. The van der Waals surface area contributed by atoms with Gasteiger partial charge in [0.15, 0.2) is 22.7 Å². The summed E-state index contributed by atoms with van der Waals surface area (Å²) in [5.41, 5.74) is 0.956. The van der Waals surface area contributed by atoms with Crippen LogP contribution in [0.1, 0.15) is 11.5 Å². The number of furan rings is 2. The van der Waals surface area contributed by atoms with Crippen molar-refractivity contribution in [2.24, 2.45) is 0 Å². The van der Waals surface area contributed by atoms with Gasteiger partial charge in [0.05, 0.1) is 6.42 Å². The molecule has 0 aliphatic rings. The number of rotatable bonds is 2. The molecule has 21 heavy (non-hydrogen) atoms. The number of phenols is 2. The van der Waals surface area contributed by atoms with Crippen molar-refractivity contribution in [3.63, 3.8) is 0 Å². The van der Waals surface area contributed by atoms with E-state index in [1.54, 1.807) is 24.3 Å². The zero-order valence-corrected chi connectivity index (χ0v) is 11.0. The van der Waals surface area contributed by atoms with Crippen LogP contribution < -0.4 is 0 Å². The van der Waals surface area contributed by atoms with Gasteiger partial charge in [0, 0.05) is 10.8 Å². The van der Waals surface area contributed by atoms with Crippen LogP contribution in [0.4, 0.5) is 0 Å². The number of benzene rings is 2. The molecule has 2 heterocycles. The normalized spacial score (nSPS) is 11.4. The summed E-state index contributed by atoms with van der Waals surface area (Å²) < 4.78 is 11.3. The van der Waals surface area contributed by atoms with Crippen molar-refractivity contribution in [1.82, 2.24) is 0 Å². The summed E-state index contributed by atoms with van der Waals surface area (Å²) in [7, 11) is 0. The van der Waals surface area contributed by atoms with E-state index in [2.05, 4.69) is 0 Å². The number of aromatic hydroxyl groups is 2. The van der Waals surface area contributed by atoms with Gasteiger partial charge in [0.1, 0.15) is 11.5 Å². The van der Waals surface area contributed by atoms with Crippen molar-refractivity contribution in [3.8, 4) is 11.5 Å². The Morgan fingerprint density at radius 3 is 1.62 bits per heavy atom. The van der Waals surface area contributed by atoms with Gasteiger partial charge >= 0.3 is 0 Å². The smallest absolute Gasteiger partial charge is 0.175 e. The second kappa shape index (κ2) is 4.31. The maximum atomic E-state index is 9.75. The number of hydrogen-bond acceptors (Lipinski definition) is 4. The molecule has 0 aliphatic heterocycles. The Morgan fingerprint density at radius 2 is 1.19 bits per heavy atom. The van der Waals surface area contributed by atoms with Gasteiger partial charge in [-0.1, -0.05) is 24.3 Å². The van der Waals surface area contributed by atoms with Crippen molar-refractivity contribution in [1.29, 1.82) is 0 Å². The first-order valence-corrected chi connectivity index (χ1v) is 6.61. The molecule has 2 N–H and O–H groups in total. The van der Waals surface area contributed by atoms with Crippen molar-refractivity contribution in [3.05, 3.63) is 60.1 Å². The third-order valence-corrected chi connectivity index (χ3v) is 3.50. The topological polar surface area (TPSA) is 66.7 Å². The van der Waals surface area contributed by atoms with Gasteiger partial charge < -0.3 is 19.0 Å². The molecule has 0 radical (unpaired) electrons. The predicted molar refractivity (Wildman–Crippen MR) is 78.6 cm³/mol. The highest BCUT2D eigenvalue weighted by molar-refractivity contribution is 5.84. The quantitative estimate of drug-likeness (QED) is 0.578. The molecule has 4 rings (SSSR count). The third kappa shape index (κ3) is 1.92. The van der Waals surface area contributed by atoms with Gasteiger partial charge in [-0.05, 0) is 24.3 Å². The molecule has 0 bridgehead atoms. The molecule has 0 aliphatic carbocycles. The molecule has 0 spiro atoms. The van der Waals surface area contributed by atoms with Crippen molar-refractivity contribution >= 4 is 21.9 Å². The average Bonchev–Trinajstić information content (AvgIpc) is 3.04. The van der Waals surface area contributed by atoms with E-state index in [1.165, 1.54) is 0 Å². The average molecular weight is 280 g/mol. The molecular formula is C17H12O4. The fraction of sp³-hybridized carbons (Fsp3) is 0.0588. The second-order valence-electron chi connectivity index (χ2n) is 4.99. The molecule has 4 nitrogen and oxygen atoms in total. The first-order valence-electron chi connectivity index (χ1n) is 6.61. The number of para-hydroxylation sites is 2. The summed E-state index contributed by atoms with van der Waals surface area (Å²) in [5.74, 6) is 1.65. The van der Waals surface area contributed by atoms with Gasteiger partial charge in [0.2, 0.25) is 0 Å². The van der Waals surface area contributed by atoms with Crippen molar-refractivity contribution < 1.29 is 19.0 Å². The highest BCUT2D eigenvalue weighted by Gasteiger charge is 2.12. The summed E-state index contributed by atoms with van der Waals surface area (Å²) in [5, 5.41) is 21.2. The maximum Gasteiger partial charge on any atom is 0.175 e. The minimum absolute atomic E-state index is 0.126. The Balaban J connectivity index is 1.75. The van der Waals surface area contributed by atoms with E-state index in [1.807, 2.05) is 24.3 Å². The number of fused-ring (bicyclic) bond motifs is 2. The van der Waals surface area contributed by atoms with Gasteiger partial charge in [-0.3, -0.25) is 0 Å². The molecule has 104 valence electrons. The van der Waals surface area contributed by atoms with Crippen LogP contribution in [0.3, 0.4) is 0 Å². The Kier molecular flexibility index (Phi) is 2.44. The van der Waals surface area contributed by atoms with E-state index >= 15 is 0 Å². The molecule has 2 aromatic heterocycles. The van der Waals surface area contributed by atoms with Crippen molar-refractivity contribution in [2.45, 2.75) is 6.42 Å². The fourth-order valence-electron chi connectivity index (χ4n) is 2.55. The minimum atomic E-state index is 0.126. The standard InChI is InChI=1S/C17H12O4/c18-14-5-1-3-10-7-12(20-16(10)14)9-13-8-11-4-2-6-15(19)17(11)21-13/h1-8,18-19H,9H2. The van der Waals surface area contributed by atoms with Crippen LogP contribution in [0.2, 0.25) is 0 Å². The van der Waals surface area contributed by atoms with Crippen LogP contribution in [0.15, 0.2) is 57.4 Å². The summed E-state index contributed by atoms with van der Waals surface area (Å²) in [4.78, 5) is 0. The monoisotopic (exact) mass is 280 g/mol. The molecular weight excluding hydrogens is 268 g/mol. The van der Waals surface area contributed by atoms with E-state index in [9.17, 15) is 10.2 Å². The zero-order valence-electron chi connectivity index (χ0n) is 11.0. The molecule has 0 atom stereocenters. The van der Waals surface area contributed by atoms with Crippen molar-refractivity contribution in [2.75, 3.05) is 0 Å². The van der Waals surface area contributed by atoms with Crippen LogP contribution in [-0.4, -0.2) is 10.2 Å². The lowest BCUT2D eigenvalue weighted by molar-refractivity contribution is 0.448. The lowest BCUT2D eigenvalue weighted by atomic mass is 10.2. The zero-order chi connectivity index (χ0) is 14.4. The third-order valence-electron chi connectivity index (χ3n) is 3.50. The second-order valence-corrected chi connectivity index (χ2v) is 4.99. The van der Waals surface area contributed by atoms with E-state index < -0.39 is 0 Å². The fourth-order valence-corrected chi connectivity index (χ4v) is 2.55. The van der Waals surface area contributed by atoms with Crippen LogP contribution >= 0.6 is 0 Å². The summed E-state index contributed by atoms with van der Waals surface area (Å²) >= 11 is 0. The van der Waals surface area contributed by atoms with Crippen LogP contribution in [0.25, 0.3) is 21.9 Å². The Labute approximate surface area is 119 Å². The summed E-state index contributed by atoms with van der Waals surface area (Å²) in [6.45, 7) is 0. The van der Waals surface area contributed by atoms with Crippen LogP contribution in [0, 0.1) is 0 Å². The number of phenolic OH excluding ortho intramolecular Hbond substituents is 2. The first-order chi connectivity index (χ1) is 10.2. The highest BCUT2D eigenvalue weighted by atomic mass is 16.4. The largest absolute Gasteiger partial charge is 0.504 e. The molecule has 0 unspecified atom stereocenters. The van der Waals surface area contributed by atoms with Gasteiger partial charge in [-0.25, -0.2) is 0 Å². The molecule has 4 aromatic rings. The Hall–Kier alpha value is -2.88. The summed E-state index contributed by atoms with van der Waals surface area (Å²) in [6, 6.07) is 14.2. The molecule has 0 saturated carbocycles. The SMILES string of the molecule is Oc1cccc2cc(Cc3cc4cccc(O)c4o3)oc12. The molecule has 2 aromatic carbocycles. The molecule has 4 heteroatoms. The van der Waals surface area contributed by atoms with Gasteiger partial charge in [0.25, 0.3) is 0 Å². The van der Waals surface area contributed by atoms with E-state index in [0.29, 0.717) is 29.1 Å². The molecule has 0 saturated heterocycles.